The highest BCUT2D eigenvalue weighted by atomic mass is 16.4. The standard InChI is InChI=1S/C4H3N3O2.2C4H3NO2/c8-4(9)3-1-2-5-7-6-3;2*6-3-1-2-4(7)5-3/h1-2H,(H,8,9);2*1-2H,(H,5,6,7). The van der Waals surface area contributed by atoms with Gasteiger partial charge in [-0.15, -0.1) is 10.2 Å². The Bertz CT molecular complexity index is 629. The summed E-state index contributed by atoms with van der Waals surface area (Å²) in [6.45, 7) is 0. The molecule has 0 bridgehead atoms. The maximum atomic E-state index is 10.1. The lowest BCUT2D eigenvalue weighted by molar-refractivity contribution is -0.125. The van der Waals surface area contributed by atoms with Crippen molar-refractivity contribution in [1.29, 1.82) is 0 Å². The number of carboxylic acids is 1. The summed E-state index contributed by atoms with van der Waals surface area (Å²) in [5, 5.41) is 22.0. The van der Waals surface area contributed by atoms with Crippen molar-refractivity contribution in [3.63, 3.8) is 0 Å². The third-order valence-corrected chi connectivity index (χ3v) is 1.99. The van der Waals surface area contributed by atoms with Gasteiger partial charge in [0.05, 0.1) is 6.20 Å². The number of hydrogen-bond donors (Lipinski definition) is 3. The van der Waals surface area contributed by atoms with Gasteiger partial charge < -0.3 is 5.11 Å². The summed E-state index contributed by atoms with van der Waals surface area (Å²) < 4.78 is 0. The zero-order valence-electron chi connectivity index (χ0n) is 11.3. The number of nitrogens with zero attached hydrogens (tertiary/aromatic N) is 3. The molecule has 0 spiro atoms. The number of carbonyl (C=O) groups is 5. The topological polar surface area (TPSA) is 168 Å². The second-order valence-electron chi connectivity index (χ2n) is 3.68. The molecule has 1 aromatic rings. The van der Waals surface area contributed by atoms with Gasteiger partial charge in [0.15, 0.2) is 5.69 Å². The van der Waals surface area contributed by atoms with Crippen molar-refractivity contribution in [3.8, 4) is 0 Å². The van der Waals surface area contributed by atoms with Gasteiger partial charge in [0, 0.05) is 24.3 Å². The number of imide groups is 2. The van der Waals surface area contributed by atoms with E-state index in [0.29, 0.717) is 0 Å². The Morgan fingerprint density at radius 2 is 1.30 bits per heavy atom. The Labute approximate surface area is 128 Å². The van der Waals surface area contributed by atoms with E-state index in [0.717, 1.165) is 0 Å². The first kappa shape index (κ1) is 17.3. The van der Waals surface area contributed by atoms with Gasteiger partial charge in [-0.05, 0) is 11.3 Å². The van der Waals surface area contributed by atoms with Gasteiger partial charge in [-0.2, -0.15) is 0 Å². The van der Waals surface area contributed by atoms with E-state index in [1.54, 1.807) is 0 Å². The van der Waals surface area contributed by atoms with Crippen molar-refractivity contribution < 1.29 is 29.1 Å². The van der Waals surface area contributed by atoms with Crippen LogP contribution in [0, 0.1) is 0 Å². The SMILES string of the molecule is O=C(O)c1ccnnn1.O=C1C=CC(=O)N1.O=C1C=CC(=O)N1. The highest BCUT2D eigenvalue weighted by Crippen LogP contribution is 1.86. The second-order valence-corrected chi connectivity index (χ2v) is 3.68. The third-order valence-electron chi connectivity index (χ3n) is 1.99. The van der Waals surface area contributed by atoms with Crippen LogP contribution in [0.1, 0.15) is 10.5 Å². The lowest BCUT2D eigenvalue weighted by Crippen LogP contribution is -2.19. The summed E-state index contributed by atoms with van der Waals surface area (Å²) in [5.74, 6) is -2.41. The highest BCUT2D eigenvalue weighted by molar-refractivity contribution is 6.13. The van der Waals surface area contributed by atoms with Crippen LogP contribution < -0.4 is 10.6 Å². The zero-order chi connectivity index (χ0) is 17.2. The Hall–Kier alpha value is -3.76. The van der Waals surface area contributed by atoms with Crippen LogP contribution in [0.4, 0.5) is 0 Å². The number of aromatic carboxylic acids is 1. The Kier molecular flexibility index (Phi) is 6.40. The Morgan fingerprint density at radius 3 is 1.48 bits per heavy atom. The average Bonchev–Trinajstić information content (AvgIpc) is 3.08. The third kappa shape index (κ3) is 6.99. The number of carboxylic acid groups (broad SMARTS) is 1. The van der Waals surface area contributed by atoms with Crippen molar-refractivity contribution in [2.45, 2.75) is 0 Å². The van der Waals surface area contributed by atoms with E-state index in [9.17, 15) is 24.0 Å². The van der Waals surface area contributed by atoms with Gasteiger partial charge in [-0.3, -0.25) is 29.8 Å². The van der Waals surface area contributed by atoms with Gasteiger partial charge in [-0.25, -0.2) is 4.79 Å². The molecule has 0 saturated heterocycles. The minimum absolute atomic E-state index is 0.0926. The number of amides is 4. The van der Waals surface area contributed by atoms with Gasteiger partial charge >= 0.3 is 5.97 Å². The van der Waals surface area contributed by atoms with Crippen LogP contribution in [-0.4, -0.2) is 50.1 Å². The molecular formula is C12H9N5O6. The lowest BCUT2D eigenvalue weighted by Gasteiger charge is -1.84. The maximum Gasteiger partial charge on any atom is 0.356 e. The van der Waals surface area contributed by atoms with Crippen molar-refractivity contribution in [1.82, 2.24) is 26.0 Å². The molecule has 118 valence electrons. The number of carbonyl (C=O) groups excluding carboxylic acids is 4. The smallest absolute Gasteiger partial charge is 0.356 e. The first-order chi connectivity index (χ1) is 10.9. The summed E-state index contributed by atoms with van der Waals surface area (Å²) in [6.07, 6.45) is 6.06. The van der Waals surface area contributed by atoms with E-state index in [1.807, 2.05) is 10.6 Å². The van der Waals surface area contributed by atoms with Crippen LogP contribution in [0.3, 0.4) is 0 Å². The predicted octanol–water partition coefficient (Wildman–Crippen LogP) is -2.03. The highest BCUT2D eigenvalue weighted by Gasteiger charge is 2.07. The van der Waals surface area contributed by atoms with E-state index < -0.39 is 5.97 Å². The van der Waals surface area contributed by atoms with Crippen molar-refractivity contribution in [2.24, 2.45) is 0 Å². The van der Waals surface area contributed by atoms with Gasteiger partial charge in [0.1, 0.15) is 0 Å². The van der Waals surface area contributed by atoms with Crippen LogP contribution in [0.15, 0.2) is 36.6 Å². The van der Waals surface area contributed by atoms with Crippen LogP contribution in [0.5, 0.6) is 0 Å². The molecule has 11 heteroatoms. The van der Waals surface area contributed by atoms with Gasteiger partial charge in [0.25, 0.3) is 23.6 Å². The number of nitrogens with one attached hydrogen (secondary N) is 2. The van der Waals surface area contributed by atoms with Crippen LogP contribution in [0.2, 0.25) is 0 Å². The molecule has 0 aliphatic carbocycles. The molecule has 0 aromatic carbocycles. The normalized spacial score (nSPS) is 14.3. The minimum Gasteiger partial charge on any atom is -0.476 e. The first-order valence-corrected chi connectivity index (χ1v) is 5.82. The lowest BCUT2D eigenvalue weighted by atomic mass is 10.4. The van der Waals surface area contributed by atoms with Crippen LogP contribution in [0.25, 0.3) is 0 Å². The number of hydrogen-bond acceptors (Lipinski definition) is 8. The Balaban J connectivity index is 0.000000175. The fourth-order valence-corrected chi connectivity index (χ4v) is 1.07. The molecular weight excluding hydrogens is 310 g/mol. The molecule has 0 fully saturated rings. The van der Waals surface area contributed by atoms with Crippen molar-refractivity contribution >= 4 is 29.6 Å². The summed E-state index contributed by atoms with van der Waals surface area (Å²) >= 11 is 0. The minimum atomic E-state index is -1.09. The molecule has 3 heterocycles. The zero-order valence-corrected chi connectivity index (χ0v) is 11.3. The molecule has 0 saturated carbocycles. The predicted molar refractivity (Wildman–Crippen MR) is 71.4 cm³/mol. The van der Waals surface area contributed by atoms with Crippen molar-refractivity contribution in [3.05, 3.63) is 42.3 Å². The largest absolute Gasteiger partial charge is 0.476 e. The van der Waals surface area contributed by atoms with Crippen LogP contribution >= 0.6 is 0 Å². The molecule has 11 nitrogen and oxygen atoms in total. The molecule has 1 aromatic heterocycles. The van der Waals surface area contributed by atoms with Gasteiger partial charge in [0.2, 0.25) is 0 Å². The van der Waals surface area contributed by atoms with Crippen LogP contribution in [-0.2, 0) is 19.2 Å². The first-order valence-electron chi connectivity index (χ1n) is 5.82. The average molecular weight is 319 g/mol. The summed E-state index contributed by atoms with van der Waals surface area (Å²) in [5.41, 5.74) is -0.0926. The molecule has 23 heavy (non-hydrogen) atoms. The fraction of sp³-hybridized carbons (Fsp3) is 0. The molecule has 3 N–H and O–H groups in total. The maximum absolute atomic E-state index is 10.1. The molecule has 4 amide bonds. The monoisotopic (exact) mass is 319 g/mol. The molecule has 0 radical (unpaired) electrons. The van der Waals surface area contributed by atoms with E-state index in [-0.39, 0.29) is 29.3 Å². The summed E-state index contributed by atoms with van der Waals surface area (Å²) in [4.78, 5) is 50.2. The molecule has 0 atom stereocenters. The molecule has 2 aliphatic heterocycles. The second kappa shape index (κ2) is 8.51. The quantitative estimate of drug-likeness (QED) is 0.494. The molecule has 0 unspecified atom stereocenters. The van der Waals surface area contributed by atoms with E-state index in [4.69, 9.17) is 5.11 Å². The van der Waals surface area contributed by atoms with Crippen molar-refractivity contribution in [2.75, 3.05) is 0 Å². The summed E-state index contributed by atoms with van der Waals surface area (Å²) in [6, 6.07) is 1.27. The van der Waals surface area contributed by atoms with E-state index in [1.165, 1.54) is 36.6 Å². The molecule has 2 aliphatic rings. The number of rotatable bonds is 1. The Morgan fingerprint density at radius 1 is 0.870 bits per heavy atom. The van der Waals surface area contributed by atoms with E-state index in [2.05, 4.69) is 15.4 Å². The fourth-order valence-electron chi connectivity index (χ4n) is 1.07. The summed E-state index contributed by atoms with van der Waals surface area (Å²) in [7, 11) is 0. The molecule has 3 rings (SSSR count). The van der Waals surface area contributed by atoms with Gasteiger partial charge in [-0.1, -0.05) is 0 Å². The number of aromatic nitrogens is 3. The van der Waals surface area contributed by atoms with E-state index >= 15 is 0 Å².